The molecule has 0 aliphatic heterocycles. The molecule has 0 aromatic rings. The number of hydrogen-bond donors (Lipinski definition) is 0. The number of allylic oxidation sites excluding steroid dienone is 8. The topological polar surface area (TPSA) is 0 Å². The standard InChI is InChI=1S/2C5H5.2C4H9.CH4.2Fe/c2*1-2-4-5-3-1;2*1-3-4-2;;;/h2*1-3H,4H2;2*1,3-4H2,2H3;1H4;;. The van der Waals surface area contributed by atoms with E-state index in [2.05, 4.69) is 50.3 Å². The second-order valence-electron chi connectivity index (χ2n) is 4.77. The van der Waals surface area contributed by atoms with Gasteiger partial charge in [-0.3, -0.25) is 0 Å². The molecule has 0 bridgehead atoms. The fraction of sp³-hybridized carbons (Fsp3) is 0.579. The van der Waals surface area contributed by atoms with Gasteiger partial charge in [-0.05, 0) is 0 Å². The zero-order chi connectivity index (χ0) is 14.5. The van der Waals surface area contributed by atoms with Crippen LogP contribution in [0.15, 0.2) is 45.4 Å². The third-order valence-corrected chi connectivity index (χ3v) is 6.04. The van der Waals surface area contributed by atoms with Crippen molar-refractivity contribution in [1.29, 1.82) is 0 Å². The molecule has 0 amide bonds. The molecule has 0 nitrogen and oxygen atoms in total. The van der Waals surface area contributed by atoms with Crippen molar-refractivity contribution in [2.24, 2.45) is 0 Å². The van der Waals surface area contributed by atoms with Gasteiger partial charge < -0.3 is 0 Å². The summed E-state index contributed by atoms with van der Waals surface area (Å²) in [5.41, 5.74) is 0. The minimum absolute atomic E-state index is 0. The van der Waals surface area contributed by atoms with E-state index >= 15 is 0 Å². The van der Waals surface area contributed by atoms with Gasteiger partial charge >= 0.3 is 138 Å². The molecule has 0 spiro atoms. The van der Waals surface area contributed by atoms with Crippen LogP contribution in [0.2, 0.25) is 10.6 Å². The van der Waals surface area contributed by atoms with Crippen molar-refractivity contribution in [2.45, 2.75) is 70.4 Å². The van der Waals surface area contributed by atoms with Crippen LogP contribution in [0.25, 0.3) is 0 Å². The molecule has 0 saturated carbocycles. The molecule has 0 unspecified atom stereocenters. The second-order valence-corrected chi connectivity index (χ2v) is 8.07. The van der Waals surface area contributed by atoms with Gasteiger partial charge in [0.2, 0.25) is 0 Å². The van der Waals surface area contributed by atoms with Gasteiger partial charge in [-0.25, -0.2) is 0 Å². The fourth-order valence-electron chi connectivity index (χ4n) is 1.62. The molecule has 2 heteroatoms. The van der Waals surface area contributed by atoms with Gasteiger partial charge in [-0.2, -0.15) is 0 Å². The zero-order valence-electron chi connectivity index (χ0n) is 12.8. The molecule has 0 N–H and O–H groups in total. The van der Waals surface area contributed by atoms with E-state index < -0.39 is 0 Å². The molecule has 0 aromatic carbocycles. The van der Waals surface area contributed by atoms with Gasteiger partial charge in [-0.1, -0.05) is 7.43 Å². The Morgan fingerprint density at radius 2 is 1.24 bits per heavy atom. The van der Waals surface area contributed by atoms with Crippen molar-refractivity contribution in [3.05, 3.63) is 45.4 Å². The SMILES string of the molecule is C.CCC[CH2][Fe][C]1=CC=CC1.CCC[CH2][Fe][C]1=CC=CC1. The molecule has 0 aromatic heterocycles. The summed E-state index contributed by atoms with van der Waals surface area (Å²) in [7, 11) is 0. The van der Waals surface area contributed by atoms with Crippen LogP contribution < -0.4 is 0 Å². The van der Waals surface area contributed by atoms with Crippen LogP contribution in [-0.4, -0.2) is 0 Å². The van der Waals surface area contributed by atoms with E-state index in [9.17, 15) is 0 Å². The van der Waals surface area contributed by atoms with Crippen molar-refractivity contribution in [3.8, 4) is 0 Å². The molecule has 124 valence electrons. The summed E-state index contributed by atoms with van der Waals surface area (Å²) in [6, 6.07) is 0. The van der Waals surface area contributed by atoms with Crippen LogP contribution in [0.1, 0.15) is 59.8 Å². The van der Waals surface area contributed by atoms with Crippen molar-refractivity contribution in [2.75, 3.05) is 0 Å². The minimum atomic E-state index is 0. The zero-order valence-corrected chi connectivity index (χ0v) is 15.0. The summed E-state index contributed by atoms with van der Waals surface area (Å²) in [5.74, 6) is 0. The molecular formula is C19H32Fe2. The van der Waals surface area contributed by atoms with E-state index in [1.54, 1.807) is 8.94 Å². The van der Waals surface area contributed by atoms with Crippen molar-refractivity contribution < 1.29 is 29.9 Å². The van der Waals surface area contributed by atoms with Crippen LogP contribution >= 0.6 is 0 Å². The van der Waals surface area contributed by atoms with Crippen molar-refractivity contribution >= 4 is 0 Å². The Morgan fingerprint density at radius 1 is 0.810 bits per heavy atom. The molecule has 0 fully saturated rings. The molecular weight excluding hydrogens is 340 g/mol. The molecule has 0 heterocycles. The maximum absolute atomic E-state index is 2.26. The van der Waals surface area contributed by atoms with E-state index in [0.29, 0.717) is 0 Å². The third-order valence-electron chi connectivity index (χ3n) is 2.89. The molecule has 0 saturated heterocycles. The van der Waals surface area contributed by atoms with E-state index in [1.807, 2.05) is 0 Å². The third kappa shape index (κ3) is 11.2. The predicted molar refractivity (Wildman–Crippen MR) is 89.8 cm³/mol. The average molecular weight is 372 g/mol. The van der Waals surface area contributed by atoms with Crippen molar-refractivity contribution in [3.63, 3.8) is 0 Å². The predicted octanol–water partition coefficient (Wildman–Crippen LogP) is 6.90. The van der Waals surface area contributed by atoms with Crippen LogP contribution in [-0.2, 0) is 29.9 Å². The van der Waals surface area contributed by atoms with Gasteiger partial charge in [0.15, 0.2) is 0 Å². The Bertz CT molecular complexity index is 326. The molecule has 2 aliphatic rings. The summed E-state index contributed by atoms with van der Waals surface area (Å²) in [4.78, 5) is 0. The normalized spacial score (nSPS) is 15.5. The summed E-state index contributed by atoms with van der Waals surface area (Å²) in [6.07, 6.45) is 21.2. The second kappa shape index (κ2) is 14.9. The summed E-state index contributed by atoms with van der Waals surface area (Å²) >= 11 is 2.64. The quantitative estimate of drug-likeness (QED) is 0.321. The summed E-state index contributed by atoms with van der Waals surface area (Å²) in [6.45, 7) is 4.50. The van der Waals surface area contributed by atoms with Crippen molar-refractivity contribution in [1.82, 2.24) is 0 Å². The number of rotatable bonds is 8. The Hall–Kier alpha value is -0.00104. The van der Waals surface area contributed by atoms with E-state index in [4.69, 9.17) is 0 Å². The first kappa shape index (κ1) is 21.0. The van der Waals surface area contributed by atoms with Gasteiger partial charge in [0.1, 0.15) is 0 Å². The Balaban J connectivity index is 0.000000364. The van der Waals surface area contributed by atoms with Gasteiger partial charge in [-0.15, -0.1) is 0 Å². The molecule has 21 heavy (non-hydrogen) atoms. The summed E-state index contributed by atoms with van der Waals surface area (Å²) < 4.78 is 3.24. The van der Waals surface area contributed by atoms with Gasteiger partial charge in [0.05, 0.1) is 0 Å². The van der Waals surface area contributed by atoms with E-state index in [-0.39, 0.29) is 7.43 Å². The fourth-order valence-corrected chi connectivity index (χ4v) is 4.55. The maximum atomic E-state index is 2.26. The number of unbranched alkanes of at least 4 members (excludes halogenated alkanes) is 2. The molecule has 2 rings (SSSR count). The molecule has 2 aliphatic carbocycles. The Kier molecular flexibility index (Phi) is 14.9. The first-order valence-corrected chi connectivity index (χ1v) is 10.4. The monoisotopic (exact) mass is 372 g/mol. The summed E-state index contributed by atoms with van der Waals surface area (Å²) in [5, 5.41) is 2.76. The average Bonchev–Trinajstić information content (AvgIpc) is 3.13. The first-order chi connectivity index (χ1) is 9.86. The number of hydrogen-bond acceptors (Lipinski definition) is 0. The molecule has 0 atom stereocenters. The van der Waals surface area contributed by atoms with Crippen LogP contribution in [0, 0.1) is 0 Å². The van der Waals surface area contributed by atoms with Gasteiger partial charge in [0.25, 0.3) is 0 Å². The van der Waals surface area contributed by atoms with Gasteiger partial charge in [0, 0.05) is 0 Å². The van der Waals surface area contributed by atoms with E-state index in [0.717, 1.165) is 0 Å². The van der Waals surface area contributed by atoms with Crippen LogP contribution in [0.5, 0.6) is 0 Å². The molecule has 0 radical (unpaired) electrons. The van der Waals surface area contributed by atoms with E-state index in [1.165, 1.54) is 79.1 Å². The Labute approximate surface area is 145 Å². The Morgan fingerprint density at radius 3 is 1.52 bits per heavy atom. The van der Waals surface area contributed by atoms with Crippen LogP contribution in [0.3, 0.4) is 0 Å². The van der Waals surface area contributed by atoms with Crippen LogP contribution in [0.4, 0.5) is 0 Å². The first-order valence-electron chi connectivity index (χ1n) is 7.70.